The van der Waals surface area contributed by atoms with Crippen LogP contribution in [-0.4, -0.2) is 13.0 Å². The Morgan fingerprint density at radius 2 is 1.83 bits per heavy atom. The molecule has 1 N–H and O–H groups in total. The van der Waals surface area contributed by atoms with E-state index in [9.17, 15) is 4.79 Å². The van der Waals surface area contributed by atoms with Crippen molar-refractivity contribution in [3.05, 3.63) is 64.9 Å². The minimum atomic E-state index is -0.266. The van der Waals surface area contributed by atoms with Crippen LogP contribution in [0.25, 0.3) is 11.0 Å². The molecule has 0 unspecified atom stereocenters. The summed E-state index contributed by atoms with van der Waals surface area (Å²) in [6, 6.07) is 13.5. The third-order valence-corrected chi connectivity index (χ3v) is 3.67. The van der Waals surface area contributed by atoms with Crippen LogP contribution in [0.15, 0.2) is 46.9 Å². The van der Waals surface area contributed by atoms with E-state index in [1.54, 1.807) is 7.11 Å². The number of hydrogen-bond donors (Lipinski definition) is 1. The zero-order valence-electron chi connectivity index (χ0n) is 13.5. The lowest BCUT2D eigenvalue weighted by Gasteiger charge is -2.07. The molecule has 3 rings (SSSR count). The molecule has 118 valence electrons. The van der Waals surface area contributed by atoms with Gasteiger partial charge in [-0.2, -0.15) is 0 Å². The average Bonchev–Trinajstić information content (AvgIpc) is 2.86. The Labute approximate surface area is 135 Å². The number of aryl methyl sites for hydroxylation is 2. The topological polar surface area (TPSA) is 51.5 Å². The fraction of sp³-hybridized carbons (Fsp3) is 0.211. The molecule has 3 aromatic rings. The lowest BCUT2D eigenvalue weighted by atomic mass is 10.1. The van der Waals surface area contributed by atoms with Gasteiger partial charge in [0.15, 0.2) is 5.76 Å². The van der Waals surface area contributed by atoms with Crippen LogP contribution in [0.4, 0.5) is 5.69 Å². The number of hydrogen-bond acceptors (Lipinski definition) is 3. The van der Waals surface area contributed by atoms with E-state index in [2.05, 4.69) is 11.4 Å². The third-order valence-electron chi connectivity index (χ3n) is 3.67. The van der Waals surface area contributed by atoms with Crippen molar-refractivity contribution in [3.8, 4) is 0 Å². The second kappa shape index (κ2) is 6.26. The number of ether oxygens (including phenoxy) is 1. The van der Waals surface area contributed by atoms with Gasteiger partial charge in [-0.25, -0.2) is 0 Å². The number of anilines is 1. The second-order valence-corrected chi connectivity index (χ2v) is 5.67. The smallest absolute Gasteiger partial charge is 0.291 e. The highest BCUT2D eigenvalue weighted by atomic mass is 16.5. The number of rotatable bonds is 4. The van der Waals surface area contributed by atoms with Crippen LogP contribution in [0.2, 0.25) is 0 Å². The second-order valence-electron chi connectivity index (χ2n) is 5.67. The molecule has 1 amide bonds. The molecule has 0 atom stereocenters. The van der Waals surface area contributed by atoms with Crippen molar-refractivity contribution in [2.45, 2.75) is 20.5 Å². The summed E-state index contributed by atoms with van der Waals surface area (Å²) in [6.07, 6.45) is 0. The number of fused-ring (bicyclic) bond motifs is 1. The first kappa shape index (κ1) is 15.3. The third kappa shape index (κ3) is 3.12. The van der Waals surface area contributed by atoms with Gasteiger partial charge in [-0.1, -0.05) is 24.3 Å². The molecular formula is C19H19NO3. The molecule has 4 heteroatoms. The zero-order valence-corrected chi connectivity index (χ0v) is 13.5. The van der Waals surface area contributed by atoms with Crippen LogP contribution < -0.4 is 5.32 Å². The Bertz CT molecular complexity index is 844. The number of furan rings is 1. The minimum absolute atomic E-state index is 0.266. The van der Waals surface area contributed by atoms with Crippen molar-refractivity contribution in [2.24, 2.45) is 0 Å². The lowest BCUT2D eigenvalue weighted by molar-refractivity contribution is 0.0992. The van der Waals surface area contributed by atoms with E-state index < -0.39 is 0 Å². The van der Waals surface area contributed by atoms with Crippen LogP contribution in [-0.2, 0) is 11.3 Å². The van der Waals surface area contributed by atoms with Gasteiger partial charge in [0.05, 0.1) is 6.61 Å². The molecule has 0 spiro atoms. The van der Waals surface area contributed by atoms with Gasteiger partial charge in [0, 0.05) is 23.7 Å². The first-order chi connectivity index (χ1) is 11.1. The van der Waals surface area contributed by atoms with E-state index >= 15 is 0 Å². The largest absolute Gasteiger partial charge is 0.451 e. The normalized spacial score (nSPS) is 10.9. The Kier molecular flexibility index (Phi) is 4.17. The summed E-state index contributed by atoms with van der Waals surface area (Å²) in [7, 11) is 1.60. The number of methoxy groups -OCH3 is 1. The van der Waals surface area contributed by atoms with Gasteiger partial charge in [-0.15, -0.1) is 0 Å². The highest BCUT2D eigenvalue weighted by molar-refractivity contribution is 6.06. The quantitative estimate of drug-likeness (QED) is 0.774. The summed E-state index contributed by atoms with van der Waals surface area (Å²) in [5, 5.41) is 3.81. The molecule has 4 nitrogen and oxygen atoms in total. The van der Waals surface area contributed by atoms with Crippen molar-refractivity contribution in [1.29, 1.82) is 0 Å². The molecule has 0 fully saturated rings. The minimum Gasteiger partial charge on any atom is -0.451 e. The summed E-state index contributed by atoms with van der Waals surface area (Å²) < 4.78 is 11.0. The summed E-state index contributed by atoms with van der Waals surface area (Å²) in [4.78, 5) is 12.6. The Balaban J connectivity index is 1.98. The van der Waals surface area contributed by atoms with E-state index in [-0.39, 0.29) is 5.91 Å². The highest BCUT2D eigenvalue weighted by Crippen LogP contribution is 2.27. The van der Waals surface area contributed by atoms with Crippen molar-refractivity contribution in [1.82, 2.24) is 0 Å². The number of benzene rings is 2. The Morgan fingerprint density at radius 1 is 1.13 bits per heavy atom. The van der Waals surface area contributed by atoms with Crippen LogP contribution in [0.3, 0.4) is 0 Å². The van der Waals surface area contributed by atoms with Crippen molar-refractivity contribution >= 4 is 22.6 Å². The van der Waals surface area contributed by atoms with Gasteiger partial charge in [0.2, 0.25) is 0 Å². The van der Waals surface area contributed by atoms with E-state index in [4.69, 9.17) is 9.15 Å². The van der Waals surface area contributed by atoms with Gasteiger partial charge < -0.3 is 14.5 Å². The van der Waals surface area contributed by atoms with Gasteiger partial charge in [-0.3, -0.25) is 4.79 Å². The zero-order chi connectivity index (χ0) is 16.4. The van der Waals surface area contributed by atoms with E-state index in [0.717, 1.165) is 27.8 Å². The number of amides is 1. The molecule has 1 aromatic heterocycles. The van der Waals surface area contributed by atoms with Crippen LogP contribution in [0, 0.1) is 13.8 Å². The van der Waals surface area contributed by atoms with Gasteiger partial charge >= 0.3 is 0 Å². The van der Waals surface area contributed by atoms with Gasteiger partial charge in [-0.05, 0) is 43.2 Å². The molecule has 0 saturated carbocycles. The first-order valence-electron chi connectivity index (χ1n) is 7.47. The fourth-order valence-electron chi connectivity index (χ4n) is 2.80. The van der Waals surface area contributed by atoms with Crippen molar-refractivity contribution in [3.63, 3.8) is 0 Å². The number of para-hydroxylation sites is 1. The van der Waals surface area contributed by atoms with E-state index in [0.29, 0.717) is 18.0 Å². The number of nitrogens with one attached hydrogen (secondary N) is 1. The monoisotopic (exact) mass is 309 g/mol. The highest BCUT2D eigenvalue weighted by Gasteiger charge is 2.20. The summed E-state index contributed by atoms with van der Waals surface area (Å²) in [5.41, 5.74) is 4.41. The molecular weight excluding hydrogens is 290 g/mol. The summed E-state index contributed by atoms with van der Waals surface area (Å²) >= 11 is 0. The maximum Gasteiger partial charge on any atom is 0.291 e. The Morgan fingerprint density at radius 3 is 2.52 bits per heavy atom. The standard InChI is InChI=1S/C19H19NO3/c1-12-8-13(2)10-14(9-12)20-19(21)18-16(11-22-3)15-6-4-5-7-17(15)23-18/h4-10H,11H2,1-3H3,(H,20,21). The Hall–Kier alpha value is -2.59. The summed E-state index contributed by atoms with van der Waals surface area (Å²) in [6.45, 7) is 4.33. The molecule has 1 heterocycles. The predicted molar refractivity (Wildman–Crippen MR) is 90.8 cm³/mol. The molecule has 0 aliphatic carbocycles. The first-order valence-corrected chi connectivity index (χ1v) is 7.47. The van der Waals surface area contributed by atoms with Gasteiger partial charge in [0.1, 0.15) is 5.58 Å². The average molecular weight is 309 g/mol. The van der Waals surface area contributed by atoms with Crippen molar-refractivity contribution < 1.29 is 13.9 Å². The van der Waals surface area contributed by atoms with Crippen LogP contribution in [0.5, 0.6) is 0 Å². The lowest BCUT2D eigenvalue weighted by Crippen LogP contribution is -2.13. The maximum atomic E-state index is 12.6. The SMILES string of the molecule is COCc1c(C(=O)Nc2cc(C)cc(C)c2)oc2ccccc12. The van der Waals surface area contributed by atoms with Crippen molar-refractivity contribution in [2.75, 3.05) is 12.4 Å². The van der Waals surface area contributed by atoms with Gasteiger partial charge in [0.25, 0.3) is 5.91 Å². The van der Waals surface area contributed by atoms with Crippen LogP contribution in [0.1, 0.15) is 27.2 Å². The molecule has 0 bridgehead atoms. The van der Waals surface area contributed by atoms with E-state index in [1.165, 1.54) is 0 Å². The summed E-state index contributed by atoms with van der Waals surface area (Å²) in [5.74, 6) is 0.0328. The van der Waals surface area contributed by atoms with Crippen LogP contribution >= 0.6 is 0 Å². The van der Waals surface area contributed by atoms with E-state index in [1.807, 2.05) is 50.2 Å². The molecule has 2 aromatic carbocycles. The molecule has 0 aliphatic heterocycles. The molecule has 0 saturated heterocycles. The number of carbonyl (C=O) groups is 1. The fourth-order valence-corrected chi connectivity index (χ4v) is 2.80. The predicted octanol–water partition coefficient (Wildman–Crippen LogP) is 4.45. The molecule has 0 aliphatic rings. The molecule has 23 heavy (non-hydrogen) atoms. The molecule has 0 radical (unpaired) electrons. The maximum absolute atomic E-state index is 12.6. The number of carbonyl (C=O) groups excluding carboxylic acids is 1.